The van der Waals surface area contributed by atoms with Gasteiger partial charge in [0.25, 0.3) is 5.91 Å². The van der Waals surface area contributed by atoms with Crippen molar-refractivity contribution in [2.75, 3.05) is 0 Å². The highest BCUT2D eigenvalue weighted by atomic mass is 16.3. The number of Topliss-reactive ketones (excluding diaryl/α,β-unsaturated/α-hetero) is 1. The predicted octanol–water partition coefficient (Wildman–Crippen LogP) is 2.54. The van der Waals surface area contributed by atoms with Crippen LogP contribution in [0.25, 0.3) is 0 Å². The maximum absolute atomic E-state index is 12.6. The quantitative estimate of drug-likeness (QED) is 0.592. The van der Waals surface area contributed by atoms with Crippen LogP contribution in [0.3, 0.4) is 0 Å². The van der Waals surface area contributed by atoms with E-state index in [1.54, 1.807) is 18.3 Å². The number of rotatable bonds is 3. The van der Waals surface area contributed by atoms with Crippen LogP contribution >= 0.6 is 0 Å². The lowest BCUT2D eigenvalue weighted by Crippen LogP contribution is -2.35. The summed E-state index contributed by atoms with van der Waals surface area (Å²) in [6.07, 6.45) is 3.53. The Balaban J connectivity index is 1.72. The third-order valence-corrected chi connectivity index (χ3v) is 5.93. The van der Waals surface area contributed by atoms with E-state index in [9.17, 15) is 14.7 Å². The van der Waals surface area contributed by atoms with Crippen LogP contribution in [-0.4, -0.2) is 16.8 Å². The van der Waals surface area contributed by atoms with E-state index in [0.717, 1.165) is 18.4 Å². The number of aromatic hydroxyl groups is 1. The van der Waals surface area contributed by atoms with Gasteiger partial charge in [-0.05, 0) is 36.3 Å². The van der Waals surface area contributed by atoms with Crippen molar-refractivity contribution >= 4 is 11.7 Å². The lowest BCUT2D eigenvalue weighted by molar-refractivity contribution is -0.125. The third-order valence-electron chi connectivity index (χ3n) is 5.93. The number of phenolic OH excluding ortho intramolecular Hbond substituents is 1. The number of allylic oxidation sites excluding steroid dienone is 1. The molecular formula is C18H22N2O3. The van der Waals surface area contributed by atoms with E-state index in [1.807, 2.05) is 6.92 Å². The van der Waals surface area contributed by atoms with E-state index in [4.69, 9.17) is 0 Å². The Kier molecular flexibility index (Phi) is 3.47. The van der Waals surface area contributed by atoms with Crippen molar-refractivity contribution < 1.29 is 14.7 Å². The Labute approximate surface area is 135 Å². The molecule has 0 aliphatic heterocycles. The van der Waals surface area contributed by atoms with Gasteiger partial charge in [0.1, 0.15) is 5.75 Å². The molecule has 1 aromatic carbocycles. The number of phenols is 1. The van der Waals surface area contributed by atoms with E-state index in [-0.39, 0.29) is 33.8 Å². The van der Waals surface area contributed by atoms with E-state index in [0.29, 0.717) is 0 Å². The summed E-state index contributed by atoms with van der Waals surface area (Å²) in [5.74, 6) is -0.136. The van der Waals surface area contributed by atoms with E-state index in [1.165, 1.54) is 12.1 Å². The molecule has 2 saturated carbocycles. The average Bonchev–Trinajstić information content (AvgIpc) is 2.81. The number of benzene rings is 1. The summed E-state index contributed by atoms with van der Waals surface area (Å²) >= 11 is 0. The minimum Gasteiger partial charge on any atom is -0.507 e. The molecule has 3 N–H and O–H groups in total. The number of nitrogens with one attached hydrogen (secondary N) is 2. The summed E-state index contributed by atoms with van der Waals surface area (Å²) < 4.78 is 0. The highest BCUT2D eigenvalue weighted by Crippen LogP contribution is 2.65. The van der Waals surface area contributed by atoms with Crippen molar-refractivity contribution in [1.82, 2.24) is 10.9 Å². The number of hydrazine groups is 1. The van der Waals surface area contributed by atoms with Gasteiger partial charge in [-0.2, -0.15) is 0 Å². The molecule has 3 rings (SSSR count). The third kappa shape index (κ3) is 2.14. The zero-order valence-electron chi connectivity index (χ0n) is 13.6. The van der Waals surface area contributed by atoms with Crippen molar-refractivity contribution in [3.63, 3.8) is 0 Å². The predicted molar refractivity (Wildman–Crippen MR) is 86.4 cm³/mol. The zero-order valence-corrected chi connectivity index (χ0v) is 13.6. The molecule has 1 aromatic rings. The maximum atomic E-state index is 12.6. The number of amides is 1. The second kappa shape index (κ2) is 5.11. The van der Waals surface area contributed by atoms with E-state index < -0.39 is 5.91 Å². The van der Waals surface area contributed by atoms with Crippen molar-refractivity contribution in [1.29, 1.82) is 0 Å². The molecule has 0 radical (unpaired) electrons. The monoisotopic (exact) mass is 314 g/mol. The van der Waals surface area contributed by atoms with Gasteiger partial charge in [0.05, 0.1) is 5.56 Å². The van der Waals surface area contributed by atoms with Crippen LogP contribution in [0.2, 0.25) is 0 Å². The first kappa shape index (κ1) is 15.6. The Morgan fingerprint density at radius 3 is 2.61 bits per heavy atom. The minimum atomic E-state index is -0.443. The lowest BCUT2D eigenvalue weighted by Gasteiger charge is -2.31. The number of fused-ring (bicyclic) bond motifs is 2. The summed E-state index contributed by atoms with van der Waals surface area (Å²) in [6, 6.07) is 6.32. The molecule has 2 aliphatic carbocycles. The second-order valence-corrected chi connectivity index (χ2v) is 7.19. The van der Waals surface area contributed by atoms with Gasteiger partial charge in [-0.25, -0.2) is 0 Å². The number of hydrogen-bond acceptors (Lipinski definition) is 4. The highest BCUT2D eigenvalue weighted by molar-refractivity contribution is 6.04. The van der Waals surface area contributed by atoms with E-state index in [2.05, 4.69) is 24.7 Å². The summed E-state index contributed by atoms with van der Waals surface area (Å²) in [5, 5.41) is 9.66. The van der Waals surface area contributed by atoms with Gasteiger partial charge < -0.3 is 10.5 Å². The molecule has 23 heavy (non-hydrogen) atoms. The topological polar surface area (TPSA) is 78.4 Å². The van der Waals surface area contributed by atoms with Crippen LogP contribution < -0.4 is 10.9 Å². The molecule has 0 unspecified atom stereocenters. The molecule has 2 atom stereocenters. The Morgan fingerprint density at radius 2 is 2.00 bits per heavy atom. The summed E-state index contributed by atoms with van der Waals surface area (Å²) in [5.41, 5.74) is 5.81. The molecule has 5 heteroatoms. The SMILES string of the molecule is CC1(C)[C@H]2CC[C@]1(C)C(=O)/C2=C/NNC(=O)c1ccccc1O. The summed E-state index contributed by atoms with van der Waals surface area (Å²) in [7, 11) is 0. The molecule has 122 valence electrons. The molecular weight excluding hydrogens is 292 g/mol. The van der Waals surface area contributed by atoms with Crippen LogP contribution in [0.5, 0.6) is 5.75 Å². The van der Waals surface area contributed by atoms with Gasteiger partial charge in [-0.3, -0.25) is 15.0 Å². The van der Waals surface area contributed by atoms with Crippen molar-refractivity contribution in [3.05, 3.63) is 41.6 Å². The second-order valence-electron chi connectivity index (χ2n) is 7.19. The lowest BCUT2D eigenvalue weighted by atomic mass is 9.70. The van der Waals surface area contributed by atoms with Crippen LogP contribution in [0, 0.1) is 16.7 Å². The molecule has 0 saturated heterocycles. The highest BCUT2D eigenvalue weighted by Gasteiger charge is 2.63. The summed E-state index contributed by atoms with van der Waals surface area (Å²) in [6.45, 7) is 6.32. The van der Waals surface area contributed by atoms with Crippen LogP contribution in [0.4, 0.5) is 0 Å². The largest absolute Gasteiger partial charge is 0.507 e. The smallest absolute Gasteiger partial charge is 0.273 e. The Morgan fingerprint density at radius 1 is 1.30 bits per heavy atom. The molecule has 5 nitrogen and oxygen atoms in total. The maximum Gasteiger partial charge on any atom is 0.273 e. The van der Waals surface area contributed by atoms with Gasteiger partial charge in [-0.15, -0.1) is 0 Å². The molecule has 1 amide bonds. The normalized spacial score (nSPS) is 29.8. The van der Waals surface area contributed by atoms with Crippen molar-refractivity contribution in [3.8, 4) is 5.75 Å². The van der Waals surface area contributed by atoms with Crippen molar-refractivity contribution in [2.45, 2.75) is 33.6 Å². The van der Waals surface area contributed by atoms with Gasteiger partial charge in [0, 0.05) is 17.2 Å². The molecule has 0 spiro atoms. The molecule has 2 bridgehead atoms. The summed E-state index contributed by atoms with van der Waals surface area (Å²) in [4.78, 5) is 24.7. The Hall–Kier alpha value is -2.30. The fraction of sp³-hybridized carbons (Fsp3) is 0.444. The fourth-order valence-corrected chi connectivity index (χ4v) is 4.01. The Bertz CT molecular complexity index is 708. The number of para-hydroxylation sites is 1. The molecule has 2 fully saturated rings. The first-order valence-corrected chi connectivity index (χ1v) is 7.88. The number of hydrogen-bond donors (Lipinski definition) is 3. The molecule has 0 heterocycles. The average molecular weight is 314 g/mol. The fourth-order valence-electron chi connectivity index (χ4n) is 4.01. The van der Waals surface area contributed by atoms with Crippen molar-refractivity contribution in [2.24, 2.45) is 16.7 Å². The molecule has 2 aliphatic rings. The minimum absolute atomic E-state index is 0.0562. The van der Waals surface area contributed by atoms with Crippen LogP contribution in [-0.2, 0) is 4.79 Å². The van der Waals surface area contributed by atoms with Gasteiger partial charge in [0.2, 0.25) is 0 Å². The van der Waals surface area contributed by atoms with Gasteiger partial charge in [0.15, 0.2) is 5.78 Å². The first-order chi connectivity index (χ1) is 10.8. The van der Waals surface area contributed by atoms with Gasteiger partial charge >= 0.3 is 0 Å². The van der Waals surface area contributed by atoms with E-state index >= 15 is 0 Å². The standard InChI is InChI=1S/C18H22N2O3/c1-17(2)13-8-9-18(17,3)15(22)12(13)10-19-20-16(23)11-6-4-5-7-14(11)21/h4-7,10,13,19,21H,8-9H2,1-3H3,(H,20,23)/b12-10+/t13-,18+/m0/s1. The van der Waals surface area contributed by atoms with Crippen LogP contribution in [0.1, 0.15) is 44.0 Å². The first-order valence-electron chi connectivity index (χ1n) is 7.88. The van der Waals surface area contributed by atoms with Gasteiger partial charge in [-0.1, -0.05) is 32.9 Å². The molecule has 0 aromatic heterocycles. The zero-order chi connectivity index (χ0) is 16.8. The van der Waals surface area contributed by atoms with Crippen LogP contribution in [0.15, 0.2) is 36.0 Å². The number of carbonyl (C=O) groups excluding carboxylic acids is 2. The number of carbonyl (C=O) groups is 2. The number of ketones is 1.